The van der Waals surface area contributed by atoms with Crippen molar-refractivity contribution in [3.8, 4) is 0 Å². The highest BCUT2D eigenvalue weighted by molar-refractivity contribution is 6.16. The van der Waals surface area contributed by atoms with Gasteiger partial charge in [0.05, 0.1) is 11.8 Å². The van der Waals surface area contributed by atoms with Gasteiger partial charge in [-0.25, -0.2) is 0 Å². The molecular formula is C48H44N6O4. The number of aliphatic imine (C=N–C) groups is 2. The number of carbonyl (C=O) groups excluding carboxylic acids is 4. The van der Waals surface area contributed by atoms with Gasteiger partial charge in [0, 0.05) is 68.5 Å². The molecule has 5 aromatic rings. The van der Waals surface area contributed by atoms with Gasteiger partial charge in [0.15, 0.2) is 0 Å². The fourth-order valence-corrected chi connectivity index (χ4v) is 7.90. The van der Waals surface area contributed by atoms with Gasteiger partial charge in [-0.1, -0.05) is 97.1 Å². The first-order chi connectivity index (χ1) is 28.1. The minimum atomic E-state index is -0.839. The van der Waals surface area contributed by atoms with Crippen molar-refractivity contribution in [3.05, 3.63) is 179 Å². The van der Waals surface area contributed by atoms with Gasteiger partial charge in [-0.2, -0.15) is 0 Å². The van der Waals surface area contributed by atoms with Crippen molar-refractivity contribution in [1.29, 1.82) is 0 Å². The van der Waals surface area contributed by atoms with E-state index < -0.39 is 23.7 Å². The Bertz CT molecular complexity index is 2290. The van der Waals surface area contributed by atoms with Crippen molar-refractivity contribution < 1.29 is 19.2 Å². The van der Waals surface area contributed by atoms with Crippen LogP contribution >= 0.6 is 0 Å². The Balaban J connectivity index is 1.31. The van der Waals surface area contributed by atoms with E-state index in [1.165, 1.54) is 0 Å². The van der Waals surface area contributed by atoms with Gasteiger partial charge in [0.2, 0.25) is 11.8 Å². The van der Waals surface area contributed by atoms with Crippen LogP contribution in [0.2, 0.25) is 0 Å². The molecule has 10 heteroatoms. The molecule has 58 heavy (non-hydrogen) atoms. The normalized spacial score (nSPS) is 19.0. The molecule has 0 saturated carbocycles. The zero-order valence-corrected chi connectivity index (χ0v) is 32.7. The van der Waals surface area contributed by atoms with Crippen molar-refractivity contribution >= 4 is 57.8 Å². The molecule has 2 aliphatic heterocycles. The lowest BCUT2D eigenvalue weighted by molar-refractivity contribution is -0.119. The second-order valence-corrected chi connectivity index (χ2v) is 14.4. The van der Waals surface area contributed by atoms with Crippen molar-refractivity contribution in [2.24, 2.45) is 21.8 Å². The Morgan fingerprint density at radius 1 is 0.397 bits per heavy atom. The van der Waals surface area contributed by atoms with E-state index in [0.29, 0.717) is 67.8 Å². The van der Waals surface area contributed by atoms with E-state index in [4.69, 9.17) is 9.98 Å². The van der Waals surface area contributed by atoms with Gasteiger partial charge in [-0.05, 0) is 87.4 Å². The van der Waals surface area contributed by atoms with E-state index in [-0.39, 0.29) is 23.6 Å². The second kappa shape index (κ2) is 17.3. The molecule has 2 heterocycles. The smallest absolute Gasteiger partial charge is 0.254 e. The third-order valence-corrected chi connectivity index (χ3v) is 10.5. The van der Waals surface area contributed by atoms with Crippen molar-refractivity contribution in [2.45, 2.75) is 39.5 Å². The lowest BCUT2D eigenvalue weighted by atomic mass is 9.72. The minimum absolute atomic E-state index is 0.311. The molecule has 4 amide bonds. The summed E-state index contributed by atoms with van der Waals surface area (Å²) in [6.45, 7) is 7.16. The predicted molar refractivity (Wildman–Crippen MR) is 231 cm³/mol. The number of hydrogen-bond acceptors (Lipinski definition) is 6. The maximum absolute atomic E-state index is 14.3. The van der Waals surface area contributed by atoms with Crippen molar-refractivity contribution in [3.63, 3.8) is 0 Å². The molecule has 4 unspecified atom stereocenters. The molecule has 0 fully saturated rings. The zero-order chi connectivity index (χ0) is 40.8. The minimum Gasteiger partial charge on any atom is -0.325 e. The summed E-state index contributed by atoms with van der Waals surface area (Å²) in [7, 11) is 0. The Morgan fingerprint density at radius 2 is 0.672 bits per heavy atom. The molecule has 4 atom stereocenters. The summed E-state index contributed by atoms with van der Waals surface area (Å²) in [5, 5.41) is 12.1. The number of nitrogens with zero attached hydrogens (tertiary/aromatic N) is 2. The van der Waals surface area contributed by atoms with Gasteiger partial charge in [0.1, 0.15) is 0 Å². The lowest BCUT2D eigenvalue weighted by Gasteiger charge is -2.34. The summed E-state index contributed by atoms with van der Waals surface area (Å²) in [4.78, 5) is 66.5. The molecule has 0 aromatic heterocycles. The lowest BCUT2D eigenvalue weighted by Crippen LogP contribution is -2.39. The summed E-state index contributed by atoms with van der Waals surface area (Å²) in [6.07, 6.45) is 0. The second-order valence-electron chi connectivity index (χ2n) is 14.4. The van der Waals surface area contributed by atoms with Crippen molar-refractivity contribution in [2.75, 3.05) is 21.3 Å². The van der Waals surface area contributed by atoms with Gasteiger partial charge >= 0.3 is 0 Å². The molecule has 7 rings (SSSR count). The molecule has 0 aliphatic carbocycles. The monoisotopic (exact) mass is 768 g/mol. The van der Waals surface area contributed by atoms with Crippen LogP contribution in [0.25, 0.3) is 0 Å². The molecule has 2 aliphatic rings. The van der Waals surface area contributed by atoms with E-state index in [2.05, 4.69) is 21.3 Å². The van der Waals surface area contributed by atoms with Crippen LogP contribution in [-0.2, 0) is 19.2 Å². The first-order valence-corrected chi connectivity index (χ1v) is 19.2. The first-order valence-electron chi connectivity index (χ1n) is 19.2. The van der Waals surface area contributed by atoms with E-state index in [1.807, 2.05) is 121 Å². The molecular weight excluding hydrogens is 725 g/mol. The molecule has 0 spiro atoms. The SMILES string of the molecule is CC1=NC(C)=C(C(=O)Nc2ccccc2)C(c2ccc(C3C(C(=O)Nc4ccccc4)=C(C)N=C(C)C3C(=O)Nc3ccccc3)cc2)C1C(=O)Nc1ccccc1. The Labute approximate surface area is 337 Å². The summed E-state index contributed by atoms with van der Waals surface area (Å²) < 4.78 is 0. The van der Waals surface area contributed by atoms with E-state index in [1.54, 1.807) is 52.0 Å². The average molecular weight is 769 g/mol. The van der Waals surface area contributed by atoms with Crippen LogP contribution in [0.15, 0.2) is 178 Å². The molecule has 290 valence electrons. The molecule has 0 saturated heterocycles. The number of rotatable bonds is 10. The summed E-state index contributed by atoms with van der Waals surface area (Å²) in [5.74, 6) is -4.51. The third kappa shape index (κ3) is 8.46. The number of benzene rings is 5. The van der Waals surface area contributed by atoms with Crippen molar-refractivity contribution in [1.82, 2.24) is 0 Å². The van der Waals surface area contributed by atoms with Gasteiger partial charge < -0.3 is 21.3 Å². The Morgan fingerprint density at radius 3 is 0.966 bits per heavy atom. The van der Waals surface area contributed by atoms with Crippen LogP contribution < -0.4 is 21.3 Å². The van der Waals surface area contributed by atoms with Gasteiger partial charge in [0.25, 0.3) is 11.8 Å². The largest absolute Gasteiger partial charge is 0.325 e. The third-order valence-electron chi connectivity index (χ3n) is 10.5. The fraction of sp³-hybridized carbons (Fsp3) is 0.167. The number of allylic oxidation sites excluding steroid dienone is 2. The number of carbonyl (C=O) groups is 4. The summed E-state index contributed by atoms with van der Waals surface area (Å²) >= 11 is 0. The van der Waals surface area contributed by atoms with Gasteiger partial charge in [-0.15, -0.1) is 0 Å². The number of nitrogens with one attached hydrogen (secondary N) is 4. The maximum Gasteiger partial charge on any atom is 0.254 e. The highest BCUT2D eigenvalue weighted by Crippen LogP contribution is 2.43. The summed E-state index contributed by atoms with van der Waals surface area (Å²) in [5.41, 5.74) is 6.66. The molecule has 10 nitrogen and oxygen atoms in total. The standard InChI is InChI=1S/C48H44N6O4/c1-29-39(45(55)51-35-17-9-5-10-18-35)43(40(30(2)49-29)46(56)52-36-19-11-6-12-20-36)33-25-27-34(28-26-33)44-41(47(57)53-37-21-13-7-14-22-37)31(3)50-32(4)42(44)48(58)54-38-23-15-8-16-24-38/h5-28,39,41,43-44H,1-4H3,(H,51,55)(H,52,56)(H,53,57)(H,54,58). The topological polar surface area (TPSA) is 141 Å². The van der Waals surface area contributed by atoms with E-state index in [0.717, 1.165) is 0 Å². The van der Waals surface area contributed by atoms with Crippen LogP contribution in [0.1, 0.15) is 50.7 Å². The maximum atomic E-state index is 14.3. The van der Waals surface area contributed by atoms with E-state index >= 15 is 0 Å². The quantitative estimate of drug-likeness (QED) is 0.112. The number of anilines is 4. The number of hydrogen-bond donors (Lipinski definition) is 4. The Kier molecular flexibility index (Phi) is 11.6. The van der Waals surface area contributed by atoms with Crippen LogP contribution in [-0.4, -0.2) is 35.1 Å². The Hall–Kier alpha value is -7.20. The van der Waals surface area contributed by atoms with Crippen LogP contribution in [0.3, 0.4) is 0 Å². The molecule has 5 aromatic carbocycles. The summed E-state index contributed by atoms with van der Waals surface area (Å²) in [6, 6.07) is 44.1. The molecule has 0 radical (unpaired) electrons. The van der Waals surface area contributed by atoms with E-state index in [9.17, 15) is 19.2 Å². The average Bonchev–Trinajstić information content (AvgIpc) is 3.21. The van der Waals surface area contributed by atoms with Crippen LogP contribution in [0.4, 0.5) is 22.7 Å². The molecule has 4 N–H and O–H groups in total. The predicted octanol–water partition coefficient (Wildman–Crippen LogP) is 9.14. The van der Waals surface area contributed by atoms with Crippen LogP contribution in [0.5, 0.6) is 0 Å². The number of amides is 4. The van der Waals surface area contributed by atoms with Crippen LogP contribution in [0, 0.1) is 11.8 Å². The number of para-hydroxylation sites is 4. The zero-order valence-electron chi connectivity index (χ0n) is 32.7. The highest BCUT2D eigenvalue weighted by Gasteiger charge is 2.43. The van der Waals surface area contributed by atoms with Gasteiger partial charge in [-0.3, -0.25) is 29.2 Å². The fourth-order valence-electron chi connectivity index (χ4n) is 7.90. The first kappa shape index (κ1) is 39.1. The molecule has 0 bridgehead atoms. The highest BCUT2D eigenvalue weighted by atomic mass is 16.2.